The molecule has 25 heavy (non-hydrogen) atoms. The number of hydrogen-bond donors (Lipinski definition) is 1. The van der Waals surface area contributed by atoms with E-state index in [0.717, 1.165) is 16.8 Å². The lowest BCUT2D eigenvalue weighted by Crippen LogP contribution is -2.17. The van der Waals surface area contributed by atoms with Gasteiger partial charge in [-0.1, -0.05) is 59.2 Å². The van der Waals surface area contributed by atoms with Crippen LogP contribution in [0.1, 0.15) is 11.8 Å². The Morgan fingerprint density at radius 1 is 1.08 bits per heavy atom. The molecule has 1 N–H and O–H groups in total. The maximum Gasteiger partial charge on any atom is 0.247 e. The van der Waals surface area contributed by atoms with Crippen LogP contribution in [-0.2, 0) is 0 Å². The third-order valence-corrected chi connectivity index (χ3v) is 5.04. The standard InChI is InChI=1S/C17H12Cl2N4OS/c1-25-17-21-16-14(22-23-17)10-4-2-3-5-13(10)20-15(24-16)9-6-7-11(18)12(19)8-9/h2-8,15,20H,1H3/t15-/m1/s1. The van der Waals surface area contributed by atoms with Crippen LogP contribution in [-0.4, -0.2) is 21.4 Å². The van der Waals surface area contributed by atoms with Crippen molar-refractivity contribution in [1.29, 1.82) is 0 Å². The Morgan fingerprint density at radius 3 is 2.72 bits per heavy atom. The van der Waals surface area contributed by atoms with E-state index in [1.807, 2.05) is 36.6 Å². The first-order valence-corrected chi connectivity index (χ1v) is 9.40. The normalized spacial score (nSPS) is 15.4. The van der Waals surface area contributed by atoms with Gasteiger partial charge in [-0.25, -0.2) is 0 Å². The van der Waals surface area contributed by atoms with Gasteiger partial charge in [0.05, 0.1) is 10.0 Å². The number of benzene rings is 2. The van der Waals surface area contributed by atoms with Crippen molar-refractivity contribution in [3.05, 3.63) is 58.1 Å². The van der Waals surface area contributed by atoms with E-state index in [1.165, 1.54) is 11.8 Å². The molecule has 0 amide bonds. The van der Waals surface area contributed by atoms with Crippen LogP contribution >= 0.6 is 35.0 Å². The summed E-state index contributed by atoms with van der Waals surface area (Å²) in [7, 11) is 0. The lowest BCUT2D eigenvalue weighted by atomic mass is 10.1. The minimum atomic E-state index is -0.483. The zero-order chi connectivity index (χ0) is 17.4. The van der Waals surface area contributed by atoms with Gasteiger partial charge >= 0.3 is 0 Å². The van der Waals surface area contributed by atoms with Crippen molar-refractivity contribution < 1.29 is 4.74 Å². The van der Waals surface area contributed by atoms with E-state index in [1.54, 1.807) is 12.1 Å². The molecule has 2 heterocycles. The van der Waals surface area contributed by atoms with E-state index < -0.39 is 6.23 Å². The molecular weight excluding hydrogens is 379 g/mol. The second kappa shape index (κ2) is 6.71. The van der Waals surface area contributed by atoms with Crippen molar-refractivity contribution in [3.8, 4) is 17.1 Å². The first-order chi connectivity index (χ1) is 12.2. The Hall–Kier alpha value is -2.02. The Morgan fingerprint density at radius 2 is 1.92 bits per heavy atom. The highest BCUT2D eigenvalue weighted by atomic mass is 35.5. The monoisotopic (exact) mass is 390 g/mol. The van der Waals surface area contributed by atoms with E-state index >= 15 is 0 Å². The molecule has 0 aliphatic carbocycles. The number of halogens is 2. The second-order valence-corrected chi connectivity index (χ2v) is 6.90. The SMILES string of the molecule is CSc1nnc2c(n1)O[C@H](c1ccc(Cl)c(Cl)c1)Nc1ccccc1-2. The molecule has 8 heteroatoms. The Kier molecular flexibility index (Phi) is 4.41. The predicted octanol–water partition coefficient (Wildman–Crippen LogP) is 5.07. The fourth-order valence-electron chi connectivity index (χ4n) is 2.56. The number of hydrogen-bond acceptors (Lipinski definition) is 6. The number of nitrogens with zero attached hydrogens (tertiary/aromatic N) is 3. The van der Waals surface area contributed by atoms with Crippen LogP contribution in [0, 0.1) is 0 Å². The summed E-state index contributed by atoms with van der Waals surface area (Å²) in [6.07, 6.45) is 1.41. The topological polar surface area (TPSA) is 59.9 Å². The van der Waals surface area contributed by atoms with Gasteiger partial charge in [-0.3, -0.25) is 0 Å². The number of nitrogens with one attached hydrogen (secondary N) is 1. The van der Waals surface area contributed by atoms with Crippen molar-refractivity contribution in [2.45, 2.75) is 11.4 Å². The van der Waals surface area contributed by atoms with Crippen molar-refractivity contribution in [2.75, 3.05) is 11.6 Å². The minimum Gasteiger partial charge on any atom is -0.448 e. The minimum absolute atomic E-state index is 0.424. The molecule has 1 aromatic heterocycles. The summed E-state index contributed by atoms with van der Waals surface area (Å²) in [6.45, 7) is 0. The molecular formula is C17H12Cl2N4OS. The molecule has 1 aliphatic rings. The predicted molar refractivity (Wildman–Crippen MR) is 100 cm³/mol. The van der Waals surface area contributed by atoms with Crippen molar-refractivity contribution in [2.24, 2.45) is 0 Å². The first kappa shape index (κ1) is 16.4. The summed E-state index contributed by atoms with van der Waals surface area (Å²) >= 11 is 13.6. The van der Waals surface area contributed by atoms with Gasteiger partial charge in [0, 0.05) is 16.8 Å². The van der Waals surface area contributed by atoms with Crippen molar-refractivity contribution in [1.82, 2.24) is 15.2 Å². The van der Waals surface area contributed by atoms with Crippen molar-refractivity contribution in [3.63, 3.8) is 0 Å². The van der Waals surface area contributed by atoms with E-state index in [4.69, 9.17) is 27.9 Å². The van der Waals surface area contributed by atoms with Gasteiger partial charge in [0.25, 0.3) is 0 Å². The lowest BCUT2D eigenvalue weighted by molar-refractivity contribution is 0.225. The van der Waals surface area contributed by atoms with Gasteiger partial charge in [-0.2, -0.15) is 4.98 Å². The van der Waals surface area contributed by atoms with E-state index in [-0.39, 0.29) is 0 Å². The summed E-state index contributed by atoms with van der Waals surface area (Å²) < 4.78 is 6.12. The Bertz CT molecular complexity index is 954. The van der Waals surface area contributed by atoms with Crippen LogP contribution in [0.15, 0.2) is 47.6 Å². The molecule has 0 fully saturated rings. The molecule has 1 atom stereocenters. The molecule has 2 aromatic carbocycles. The zero-order valence-electron chi connectivity index (χ0n) is 13.0. The molecule has 0 saturated carbocycles. The van der Waals surface area contributed by atoms with Crippen LogP contribution in [0.2, 0.25) is 10.0 Å². The van der Waals surface area contributed by atoms with Crippen LogP contribution in [0.5, 0.6) is 5.88 Å². The summed E-state index contributed by atoms with van der Waals surface area (Å²) in [5.74, 6) is 0.424. The molecule has 126 valence electrons. The van der Waals surface area contributed by atoms with Gasteiger partial charge in [0.15, 0.2) is 11.9 Å². The second-order valence-electron chi connectivity index (χ2n) is 5.31. The molecule has 4 rings (SSSR count). The Labute approximate surface area is 158 Å². The molecule has 0 bridgehead atoms. The average Bonchev–Trinajstić information content (AvgIpc) is 2.80. The number of para-hydroxylation sites is 1. The van der Waals surface area contributed by atoms with E-state index in [0.29, 0.717) is 26.8 Å². The summed E-state index contributed by atoms with van der Waals surface area (Å²) in [5.41, 5.74) is 3.20. The van der Waals surface area contributed by atoms with Crippen molar-refractivity contribution >= 4 is 40.7 Å². The molecule has 0 spiro atoms. The summed E-state index contributed by atoms with van der Waals surface area (Å²) in [6, 6.07) is 13.2. The highest BCUT2D eigenvalue weighted by molar-refractivity contribution is 7.98. The molecule has 1 aliphatic heterocycles. The highest BCUT2D eigenvalue weighted by Gasteiger charge is 2.26. The number of aromatic nitrogens is 3. The van der Waals surface area contributed by atoms with Gasteiger partial charge in [0.2, 0.25) is 11.0 Å². The van der Waals surface area contributed by atoms with Gasteiger partial charge in [-0.15, -0.1) is 10.2 Å². The lowest BCUT2D eigenvalue weighted by Gasteiger charge is -2.19. The van der Waals surface area contributed by atoms with Gasteiger partial charge in [0.1, 0.15) is 0 Å². The molecule has 0 unspecified atom stereocenters. The third kappa shape index (κ3) is 3.13. The van der Waals surface area contributed by atoms with Crippen LogP contribution in [0.4, 0.5) is 5.69 Å². The number of ether oxygens (including phenoxy) is 1. The summed E-state index contributed by atoms with van der Waals surface area (Å²) in [4.78, 5) is 4.47. The maximum absolute atomic E-state index is 6.17. The van der Waals surface area contributed by atoms with Gasteiger partial charge < -0.3 is 10.1 Å². The third-order valence-electron chi connectivity index (χ3n) is 3.76. The summed E-state index contributed by atoms with van der Waals surface area (Å²) in [5, 5.41) is 13.3. The van der Waals surface area contributed by atoms with Gasteiger partial charge in [-0.05, 0) is 24.5 Å². The number of rotatable bonds is 2. The first-order valence-electron chi connectivity index (χ1n) is 7.42. The van der Waals surface area contributed by atoms with Crippen LogP contribution in [0.3, 0.4) is 0 Å². The quantitative estimate of drug-likeness (QED) is 0.616. The number of anilines is 1. The van der Waals surface area contributed by atoms with Crippen LogP contribution in [0.25, 0.3) is 11.3 Å². The fraction of sp³-hybridized carbons (Fsp3) is 0.118. The number of fused-ring (bicyclic) bond motifs is 3. The molecule has 0 radical (unpaired) electrons. The molecule has 5 nitrogen and oxygen atoms in total. The Balaban J connectivity index is 1.85. The fourth-order valence-corrected chi connectivity index (χ4v) is 3.16. The highest BCUT2D eigenvalue weighted by Crippen LogP contribution is 2.40. The largest absolute Gasteiger partial charge is 0.448 e. The molecule has 0 saturated heterocycles. The maximum atomic E-state index is 6.17. The van der Waals surface area contributed by atoms with E-state index in [2.05, 4.69) is 20.5 Å². The van der Waals surface area contributed by atoms with Crippen LogP contribution < -0.4 is 10.1 Å². The average molecular weight is 391 g/mol. The smallest absolute Gasteiger partial charge is 0.247 e. The zero-order valence-corrected chi connectivity index (χ0v) is 15.4. The number of thioether (sulfide) groups is 1. The molecule has 3 aromatic rings. The van der Waals surface area contributed by atoms with E-state index in [9.17, 15) is 0 Å².